The molecule has 2 heteroatoms. The zero-order chi connectivity index (χ0) is 7.40. The Kier molecular flexibility index (Phi) is 2.26. The van der Waals surface area contributed by atoms with Gasteiger partial charge >= 0.3 is 5.97 Å². The van der Waals surface area contributed by atoms with Crippen LogP contribution < -0.4 is 0 Å². The molecule has 0 aromatic carbocycles. The Morgan fingerprint density at radius 2 is 2.60 bits per heavy atom. The highest BCUT2D eigenvalue weighted by atomic mass is 16.5. The van der Waals surface area contributed by atoms with E-state index in [0.29, 0.717) is 0 Å². The summed E-state index contributed by atoms with van der Waals surface area (Å²) in [5.41, 5.74) is 1.06. The Balaban J connectivity index is 2.54. The van der Waals surface area contributed by atoms with E-state index in [9.17, 15) is 4.79 Å². The van der Waals surface area contributed by atoms with Gasteiger partial charge in [-0.1, -0.05) is 12.2 Å². The van der Waals surface area contributed by atoms with Crippen molar-refractivity contribution in [1.29, 1.82) is 0 Å². The minimum atomic E-state index is -0.262. The van der Waals surface area contributed by atoms with Crippen molar-refractivity contribution in [2.45, 2.75) is 12.8 Å². The van der Waals surface area contributed by atoms with Crippen LogP contribution in [0, 0.1) is 0 Å². The van der Waals surface area contributed by atoms with Crippen LogP contribution >= 0.6 is 0 Å². The molecule has 0 N–H and O–H groups in total. The lowest BCUT2D eigenvalue weighted by molar-refractivity contribution is -0.134. The zero-order valence-electron chi connectivity index (χ0n) is 5.96. The Bertz CT molecular complexity index is 189. The SMILES string of the molecule is COC(=O)C=C1C=CCC1. The number of carbonyl (C=O) groups excluding carboxylic acids is 1. The predicted molar refractivity (Wildman–Crippen MR) is 38.5 cm³/mol. The van der Waals surface area contributed by atoms with E-state index in [2.05, 4.69) is 10.8 Å². The van der Waals surface area contributed by atoms with Gasteiger partial charge < -0.3 is 4.74 Å². The van der Waals surface area contributed by atoms with Crippen LogP contribution in [0.1, 0.15) is 12.8 Å². The number of allylic oxidation sites excluding steroid dienone is 3. The van der Waals surface area contributed by atoms with Crippen molar-refractivity contribution in [3.05, 3.63) is 23.8 Å². The largest absolute Gasteiger partial charge is 0.466 e. The lowest BCUT2D eigenvalue weighted by Gasteiger charge is -1.92. The molecule has 0 aromatic heterocycles. The highest BCUT2D eigenvalue weighted by Gasteiger charge is 2.01. The number of carbonyl (C=O) groups is 1. The van der Waals surface area contributed by atoms with E-state index < -0.39 is 0 Å². The van der Waals surface area contributed by atoms with E-state index in [4.69, 9.17) is 0 Å². The van der Waals surface area contributed by atoms with Gasteiger partial charge in [-0.05, 0) is 18.4 Å². The van der Waals surface area contributed by atoms with E-state index >= 15 is 0 Å². The molecule has 1 aliphatic rings. The van der Waals surface area contributed by atoms with Gasteiger partial charge in [0.2, 0.25) is 0 Å². The van der Waals surface area contributed by atoms with Crippen LogP contribution in [0.5, 0.6) is 0 Å². The summed E-state index contributed by atoms with van der Waals surface area (Å²) in [6, 6.07) is 0. The lowest BCUT2D eigenvalue weighted by atomic mass is 10.2. The normalized spacial score (nSPS) is 19.9. The van der Waals surface area contributed by atoms with Gasteiger partial charge in [0.05, 0.1) is 7.11 Å². The fourth-order valence-corrected chi connectivity index (χ4v) is 0.899. The Hall–Kier alpha value is -1.05. The van der Waals surface area contributed by atoms with Gasteiger partial charge in [-0.3, -0.25) is 0 Å². The van der Waals surface area contributed by atoms with Crippen molar-refractivity contribution in [1.82, 2.24) is 0 Å². The average Bonchev–Trinajstić information content (AvgIpc) is 2.40. The second-order valence-corrected chi connectivity index (χ2v) is 2.18. The van der Waals surface area contributed by atoms with Crippen LogP contribution in [0.2, 0.25) is 0 Å². The van der Waals surface area contributed by atoms with Crippen LogP contribution in [0.15, 0.2) is 23.8 Å². The number of rotatable bonds is 1. The van der Waals surface area contributed by atoms with Crippen LogP contribution in [0.3, 0.4) is 0 Å². The molecular formula is C8H10O2. The first-order valence-electron chi connectivity index (χ1n) is 3.28. The van der Waals surface area contributed by atoms with Crippen molar-refractivity contribution in [3.63, 3.8) is 0 Å². The van der Waals surface area contributed by atoms with E-state index in [1.807, 2.05) is 6.08 Å². The highest BCUT2D eigenvalue weighted by molar-refractivity contribution is 5.83. The summed E-state index contributed by atoms with van der Waals surface area (Å²) in [6.45, 7) is 0. The molecule has 0 aliphatic heterocycles. The average molecular weight is 138 g/mol. The van der Waals surface area contributed by atoms with Crippen molar-refractivity contribution in [3.8, 4) is 0 Å². The molecule has 0 bridgehead atoms. The minimum absolute atomic E-state index is 0.262. The maximum Gasteiger partial charge on any atom is 0.330 e. The van der Waals surface area contributed by atoms with E-state index in [0.717, 1.165) is 18.4 Å². The summed E-state index contributed by atoms with van der Waals surface area (Å²) in [6.07, 6.45) is 7.55. The number of methoxy groups -OCH3 is 1. The first-order chi connectivity index (χ1) is 4.83. The first-order valence-corrected chi connectivity index (χ1v) is 3.28. The molecule has 1 rings (SSSR count). The molecule has 1 aliphatic carbocycles. The molecule has 2 nitrogen and oxygen atoms in total. The van der Waals surface area contributed by atoms with Crippen molar-refractivity contribution in [2.24, 2.45) is 0 Å². The summed E-state index contributed by atoms with van der Waals surface area (Å²) in [7, 11) is 1.39. The third-order valence-corrected chi connectivity index (χ3v) is 1.44. The molecule has 0 saturated carbocycles. The van der Waals surface area contributed by atoms with Gasteiger partial charge in [-0.15, -0.1) is 0 Å². The molecule has 0 saturated heterocycles. The molecular weight excluding hydrogens is 128 g/mol. The molecule has 10 heavy (non-hydrogen) atoms. The fourth-order valence-electron chi connectivity index (χ4n) is 0.899. The summed E-state index contributed by atoms with van der Waals surface area (Å²) < 4.78 is 4.46. The van der Waals surface area contributed by atoms with Crippen LogP contribution in [0.25, 0.3) is 0 Å². The fraction of sp³-hybridized carbons (Fsp3) is 0.375. The first kappa shape index (κ1) is 7.06. The zero-order valence-corrected chi connectivity index (χ0v) is 5.96. The summed E-state index contributed by atoms with van der Waals surface area (Å²) >= 11 is 0. The molecule has 0 radical (unpaired) electrons. The maximum absolute atomic E-state index is 10.6. The predicted octanol–water partition coefficient (Wildman–Crippen LogP) is 1.44. The molecule has 0 unspecified atom stereocenters. The number of hydrogen-bond acceptors (Lipinski definition) is 2. The van der Waals surface area contributed by atoms with Crippen LogP contribution in [-0.2, 0) is 9.53 Å². The van der Waals surface area contributed by atoms with E-state index in [1.54, 1.807) is 0 Å². The summed E-state index contributed by atoms with van der Waals surface area (Å²) in [5.74, 6) is -0.262. The Morgan fingerprint density at radius 1 is 1.80 bits per heavy atom. The topological polar surface area (TPSA) is 26.3 Å². The van der Waals surface area contributed by atoms with Crippen molar-refractivity contribution in [2.75, 3.05) is 7.11 Å². The third kappa shape index (κ3) is 1.72. The van der Waals surface area contributed by atoms with Gasteiger partial charge in [0.15, 0.2) is 0 Å². The molecule has 0 fully saturated rings. The van der Waals surface area contributed by atoms with E-state index in [-0.39, 0.29) is 5.97 Å². The van der Waals surface area contributed by atoms with E-state index in [1.165, 1.54) is 13.2 Å². The van der Waals surface area contributed by atoms with Gasteiger partial charge in [0, 0.05) is 6.08 Å². The summed E-state index contributed by atoms with van der Waals surface area (Å²) in [4.78, 5) is 10.6. The van der Waals surface area contributed by atoms with Crippen molar-refractivity contribution < 1.29 is 9.53 Å². The number of esters is 1. The molecule has 0 spiro atoms. The third-order valence-electron chi connectivity index (χ3n) is 1.44. The van der Waals surface area contributed by atoms with Gasteiger partial charge in [-0.2, -0.15) is 0 Å². The monoisotopic (exact) mass is 138 g/mol. The maximum atomic E-state index is 10.6. The molecule has 0 aromatic rings. The second kappa shape index (κ2) is 3.20. The molecule has 54 valence electrons. The lowest BCUT2D eigenvalue weighted by Crippen LogP contribution is -1.95. The number of hydrogen-bond donors (Lipinski definition) is 0. The van der Waals surface area contributed by atoms with Gasteiger partial charge in [0.1, 0.15) is 0 Å². The van der Waals surface area contributed by atoms with Gasteiger partial charge in [0.25, 0.3) is 0 Å². The molecule has 0 amide bonds. The van der Waals surface area contributed by atoms with Crippen LogP contribution in [-0.4, -0.2) is 13.1 Å². The smallest absolute Gasteiger partial charge is 0.330 e. The second-order valence-electron chi connectivity index (χ2n) is 2.18. The highest BCUT2D eigenvalue weighted by Crippen LogP contribution is 2.14. The van der Waals surface area contributed by atoms with Crippen LogP contribution in [0.4, 0.5) is 0 Å². The Labute approximate surface area is 60.2 Å². The summed E-state index contributed by atoms with van der Waals surface area (Å²) in [5, 5.41) is 0. The molecule has 0 atom stereocenters. The minimum Gasteiger partial charge on any atom is -0.466 e. The van der Waals surface area contributed by atoms with Gasteiger partial charge in [-0.25, -0.2) is 4.79 Å². The standard InChI is InChI=1S/C8H10O2/c1-10-8(9)6-7-4-2-3-5-7/h2,4,6H,3,5H2,1H3. The quantitative estimate of drug-likeness (QED) is 0.405. The number of ether oxygens (including phenoxy) is 1. The molecule has 0 heterocycles. The van der Waals surface area contributed by atoms with Crippen molar-refractivity contribution >= 4 is 5.97 Å². The Morgan fingerprint density at radius 3 is 3.10 bits per heavy atom.